The minimum absolute atomic E-state index is 0.343. The summed E-state index contributed by atoms with van der Waals surface area (Å²) in [6.07, 6.45) is 4.90. The zero-order chi connectivity index (χ0) is 13.1. The van der Waals surface area contributed by atoms with Crippen molar-refractivity contribution in [2.75, 3.05) is 26.4 Å². The molecule has 0 aromatic heterocycles. The molecule has 0 spiro atoms. The fraction of sp³-hybridized carbons (Fsp3) is 0.600. The van der Waals surface area contributed by atoms with Crippen LogP contribution in [0.25, 0.3) is 0 Å². The predicted molar refractivity (Wildman–Crippen MR) is 74.5 cm³/mol. The Kier molecular flexibility index (Phi) is 3.62. The van der Waals surface area contributed by atoms with Crippen LogP contribution in [0.3, 0.4) is 0 Å². The maximum atomic E-state index is 5.85. The van der Waals surface area contributed by atoms with E-state index in [1.54, 1.807) is 0 Å². The van der Waals surface area contributed by atoms with Crippen molar-refractivity contribution in [2.45, 2.75) is 25.7 Å². The average molecular weight is 262 g/mol. The summed E-state index contributed by atoms with van der Waals surface area (Å²) in [7, 11) is 0. The highest BCUT2D eigenvalue weighted by molar-refractivity contribution is 5.44. The van der Waals surface area contributed by atoms with Gasteiger partial charge in [0.2, 0.25) is 6.79 Å². The Labute approximate surface area is 114 Å². The summed E-state index contributed by atoms with van der Waals surface area (Å²) in [6.45, 7) is 3.19. The lowest BCUT2D eigenvalue weighted by molar-refractivity contribution is 0.141. The third-order valence-electron chi connectivity index (χ3n) is 4.37. The van der Waals surface area contributed by atoms with Crippen molar-refractivity contribution >= 4 is 0 Å². The summed E-state index contributed by atoms with van der Waals surface area (Å²) < 4.78 is 10.7. The number of nitrogens with two attached hydrogens (primary N) is 1. The smallest absolute Gasteiger partial charge is 0.231 e. The maximum absolute atomic E-state index is 5.85. The molecule has 1 aromatic rings. The predicted octanol–water partition coefficient (Wildman–Crippen LogP) is 1.68. The largest absolute Gasteiger partial charge is 0.454 e. The zero-order valence-electron chi connectivity index (χ0n) is 11.3. The van der Waals surface area contributed by atoms with Crippen LogP contribution in [-0.4, -0.2) is 26.4 Å². The van der Waals surface area contributed by atoms with Crippen LogP contribution in [0.4, 0.5) is 0 Å². The van der Waals surface area contributed by atoms with E-state index < -0.39 is 0 Å². The number of benzene rings is 1. The van der Waals surface area contributed by atoms with Crippen LogP contribution in [-0.2, 0) is 6.42 Å². The molecule has 1 aliphatic heterocycles. The summed E-state index contributed by atoms with van der Waals surface area (Å²) >= 11 is 0. The van der Waals surface area contributed by atoms with Crippen molar-refractivity contribution in [1.82, 2.24) is 5.32 Å². The maximum Gasteiger partial charge on any atom is 0.231 e. The van der Waals surface area contributed by atoms with Crippen LogP contribution >= 0.6 is 0 Å². The molecule has 0 radical (unpaired) electrons. The van der Waals surface area contributed by atoms with Crippen LogP contribution in [0.5, 0.6) is 11.5 Å². The Bertz CT molecular complexity index is 438. The van der Waals surface area contributed by atoms with Crippen molar-refractivity contribution in [1.29, 1.82) is 0 Å². The Morgan fingerprint density at radius 2 is 2.05 bits per heavy atom. The summed E-state index contributed by atoms with van der Waals surface area (Å²) in [4.78, 5) is 0. The van der Waals surface area contributed by atoms with Crippen molar-refractivity contribution in [3.63, 3.8) is 0 Å². The third-order valence-corrected chi connectivity index (χ3v) is 4.37. The molecule has 1 heterocycles. The van der Waals surface area contributed by atoms with Gasteiger partial charge in [0.05, 0.1) is 0 Å². The molecule has 1 fully saturated rings. The van der Waals surface area contributed by atoms with Crippen LogP contribution < -0.4 is 20.5 Å². The fourth-order valence-corrected chi connectivity index (χ4v) is 2.81. The van der Waals surface area contributed by atoms with E-state index in [0.717, 1.165) is 37.6 Å². The quantitative estimate of drug-likeness (QED) is 0.766. The first-order valence-electron chi connectivity index (χ1n) is 7.11. The van der Waals surface area contributed by atoms with Gasteiger partial charge < -0.3 is 20.5 Å². The zero-order valence-corrected chi connectivity index (χ0v) is 11.3. The normalized spacial score (nSPS) is 19.2. The van der Waals surface area contributed by atoms with Crippen molar-refractivity contribution < 1.29 is 9.47 Å². The lowest BCUT2D eigenvalue weighted by atomic mass is 9.69. The SMILES string of the molecule is NCC1(CNCCc2ccc3c(c2)OCO3)CCC1. The number of hydrogen-bond acceptors (Lipinski definition) is 4. The molecule has 1 saturated carbocycles. The average Bonchev–Trinajstić information content (AvgIpc) is 2.84. The van der Waals surface area contributed by atoms with E-state index in [1.165, 1.54) is 24.8 Å². The molecule has 2 aliphatic rings. The minimum atomic E-state index is 0.343. The Morgan fingerprint density at radius 3 is 2.79 bits per heavy atom. The topological polar surface area (TPSA) is 56.5 Å². The van der Waals surface area contributed by atoms with Gasteiger partial charge >= 0.3 is 0 Å². The molecule has 0 unspecified atom stereocenters. The summed E-state index contributed by atoms with van der Waals surface area (Å²) in [6, 6.07) is 6.17. The van der Waals surface area contributed by atoms with Crippen LogP contribution in [0.2, 0.25) is 0 Å². The van der Waals surface area contributed by atoms with E-state index in [0.29, 0.717) is 12.2 Å². The van der Waals surface area contributed by atoms with Gasteiger partial charge in [-0.3, -0.25) is 0 Å². The molecule has 19 heavy (non-hydrogen) atoms. The highest BCUT2D eigenvalue weighted by Gasteiger charge is 2.34. The molecule has 0 saturated heterocycles. The Balaban J connectivity index is 1.45. The first-order valence-corrected chi connectivity index (χ1v) is 7.11. The number of nitrogens with one attached hydrogen (secondary N) is 1. The molecule has 0 bridgehead atoms. The second-order valence-corrected chi connectivity index (χ2v) is 5.67. The Hall–Kier alpha value is -1.26. The lowest BCUT2D eigenvalue weighted by Crippen LogP contribution is -2.45. The number of rotatable bonds is 6. The fourth-order valence-electron chi connectivity index (χ4n) is 2.81. The molecular formula is C15H22N2O2. The lowest BCUT2D eigenvalue weighted by Gasteiger charge is -2.41. The summed E-state index contributed by atoms with van der Waals surface area (Å²) in [5.41, 5.74) is 7.52. The third kappa shape index (κ3) is 2.69. The highest BCUT2D eigenvalue weighted by Crippen LogP contribution is 2.39. The van der Waals surface area contributed by atoms with Gasteiger partial charge in [-0.1, -0.05) is 12.5 Å². The van der Waals surface area contributed by atoms with Gasteiger partial charge in [-0.15, -0.1) is 0 Å². The molecule has 4 nitrogen and oxygen atoms in total. The minimum Gasteiger partial charge on any atom is -0.454 e. The second kappa shape index (κ2) is 5.39. The molecule has 104 valence electrons. The van der Waals surface area contributed by atoms with Gasteiger partial charge in [0.15, 0.2) is 11.5 Å². The number of fused-ring (bicyclic) bond motifs is 1. The van der Waals surface area contributed by atoms with Gasteiger partial charge in [0, 0.05) is 6.54 Å². The van der Waals surface area contributed by atoms with Gasteiger partial charge in [-0.2, -0.15) is 0 Å². The summed E-state index contributed by atoms with van der Waals surface area (Å²) in [5, 5.41) is 3.54. The van der Waals surface area contributed by atoms with E-state index in [1.807, 2.05) is 6.07 Å². The molecule has 3 rings (SSSR count). The second-order valence-electron chi connectivity index (χ2n) is 5.67. The summed E-state index contributed by atoms with van der Waals surface area (Å²) in [5.74, 6) is 1.73. The van der Waals surface area contributed by atoms with E-state index in [-0.39, 0.29) is 0 Å². The van der Waals surface area contributed by atoms with Gasteiger partial charge in [-0.05, 0) is 55.5 Å². The highest BCUT2D eigenvalue weighted by atomic mass is 16.7. The van der Waals surface area contributed by atoms with Gasteiger partial charge in [0.1, 0.15) is 0 Å². The van der Waals surface area contributed by atoms with Crippen LogP contribution in [0.15, 0.2) is 18.2 Å². The van der Waals surface area contributed by atoms with Crippen molar-refractivity contribution in [3.8, 4) is 11.5 Å². The Morgan fingerprint density at radius 1 is 1.21 bits per heavy atom. The van der Waals surface area contributed by atoms with Gasteiger partial charge in [-0.25, -0.2) is 0 Å². The monoisotopic (exact) mass is 262 g/mol. The molecule has 3 N–H and O–H groups in total. The van der Waals surface area contributed by atoms with E-state index in [2.05, 4.69) is 17.4 Å². The molecule has 1 aromatic carbocycles. The van der Waals surface area contributed by atoms with E-state index in [9.17, 15) is 0 Å². The standard InChI is InChI=1S/C15H22N2O2/c16-9-15(5-1-6-15)10-17-7-4-12-2-3-13-14(8-12)19-11-18-13/h2-3,8,17H,1,4-7,9-11,16H2. The van der Waals surface area contributed by atoms with E-state index in [4.69, 9.17) is 15.2 Å². The van der Waals surface area contributed by atoms with Crippen molar-refractivity contribution in [3.05, 3.63) is 23.8 Å². The molecule has 4 heteroatoms. The molecule has 0 amide bonds. The van der Waals surface area contributed by atoms with Crippen LogP contribution in [0, 0.1) is 5.41 Å². The van der Waals surface area contributed by atoms with E-state index >= 15 is 0 Å². The first-order chi connectivity index (χ1) is 9.31. The van der Waals surface area contributed by atoms with Crippen LogP contribution in [0.1, 0.15) is 24.8 Å². The molecular weight excluding hydrogens is 240 g/mol. The molecule has 0 atom stereocenters. The number of ether oxygens (including phenoxy) is 2. The van der Waals surface area contributed by atoms with Crippen molar-refractivity contribution in [2.24, 2.45) is 11.1 Å². The van der Waals surface area contributed by atoms with Gasteiger partial charge in [0.25, 0.3) is 0 Å². The first kappa shape index (κ1) is 12.8. The number of hydrogen-bond donors (Lipinski definition) is 2. The molecule has 1 aliphatic carbocycles.